The van der Waals surface area contributed by atoms with Crippen LogP contribution in [-0.2, 0) is 9.59 Å². The molecule has 0 atom stereocenters. The maximum atomic E-state index is 15.8. The molecule has 10 heteroatoms. The normalized spacial score (nSPS) is 16.6. The van der Waals surface area contributed by atoms with Gasteiger partial charge in [0.05, 0.1) is 23.3 Å². The summed E-state index contributed by atoms with van der Waals surface area (Å²) in [4.78, 5) is 59.8. The minimum atomic E-state index is -0.702. The van der Waals surface area contributed by atoms with Crippen LogP contribution < -0.4 is 19.9 Å². The average Bonchev–Trinajstić information content (AvgIpc) is 2.86. The van der Waals surface area contributed by atoms with Crippen molar-refractivity contribution < 1.29 is 28.3 Å². The van der Waals surface area contributed by atoms with E-state index < -0.39 is 28.6 Å². The molecule has 2 heterocycles. The summed E-state index contributed by atoms with van der Waals surface area (Å²) in [6, 6.07) is 1.13. The molecule has 1 aromatic heterocycles. The summed E-state index contributed by atoms with van der Waals surface area (Å²) in [6.07, 6.45) is 6.70. The summed E-state index contributed by atoms with van der Waals surface area (Å²) in [6.45, 7) is 9.82. The highest BCUT2D eigenvalue weighted by Gasteiger charge is 2.28. The van der Waals surface area contributed by atoms with E-state index in [2.05, 4.69) is 4.90 Å². The maximum absolute atomic E-state index is 15.8. The van der Waals surface area contributed by atoms with Gasteiger partial charge in [0.25, 0.3) is 0 Å². The van der Waals surface area contributed by atoms with Crippen LogP contribution in [0.5, 0.6) is 5.75 Å². The summed E-state index contributed by atoms with van der Waals surface area (Å²) < 4.78 is 23.2. The van der Waals surface area contributed by atoms with Crippen LogP contribution in [0.25, 0.3) is 10.9 Å². The van der Waals surface area contributed by atoms with E-state index in [1.807, 2.05) is 25.8 Å². The Morgan fingerprint density at radius 2 is 1.69 bits per heavy atom. The minimum absolute atomic E-state index is 0.0570. The molecule has 9 nitrogen and oxygen atoms in total. The third-order valence-electron chi connectivity index (χ3n) is 6.30. The molecule has 2 aromatic rings. The van der Waals surface area contributed by atoms with Crippen LogP contribution in [0, 0.1) is 5.82 Å². The van der Waals surface area contributed by atoms with Crippen molar-refractivity contribution >= 4 is 33.9 Å². The Kier molecular flexibility index (Phi) is 8.15. The molecule has 0 saturated carbocycles. The van der Waals surface area contributed by atoms with Gasteiger partial charge in [0.2, 0.25) is 17.0 Å². The number of benzene rings is 1. The van der Waals surface area contributed by atoms with E-state index >= 15 is 4.39 Å². The number of aromatic nitrogens is 1. The summed E-state index contributed by atoms with van der Waals surface area (Å²) in [5.41, 5.74) is -0.105. The zero-order valence-electron chi connectivity index (χ0n) is 22.7. The molecule has 0 bridgehead atoms. The van der Waals surface area contributed by atoms with Crippen LogP contribution in [0.2, 0.25) is 0 Å². The Morgan fingerprint density at radius 1 is 1.00 bits per heavy atom. The molecule has 206 valence electrons. The van der Waals surface area contributed by atoms with Gasteiger partial charge in [-0.1, -0.05) is 12.2 Å². The number of halogens is 1. The van der Waals surface area contributed by atoms with Gasteiger partial charge in [-0.3, -0.25) is 19.2 Å². The number of nitrogens with zero attached hydrogens (tertiary/aromatic N) is 3. The summed E-state index contributed by atoms with van der Waals surface area (Å²) in [5, 5.41) is -0.0570. The fraction of sp³-hybridized carbons (Fsp3) is 0.379. The van der Waals surface area contributed by atoms with Crippen LogP contribution in [0.4, 0.5) is 10.1 Å². The monoisotopic (exact) mass is 537 g/mol. The van der Waals surface area contributed by atoms with Gasteiger partial charge in [0, 0.05) is 26.2 Å². The SMILES string of the molecule is CC(C)Oc1c(N2CCN(C)CC2)c(F)cc2c(=O)c(C(=O)/C=C/C3=CC(=O)C(=O)C=C3)cn(OC(C)C)c12. The standard InChI is InChI=1S/C29H32FN3O6/c1-17(2)38-29-26-20(15-22(30)27(29)32-12-10-31(5)11-13-32)28(37)21(16-33(26)39-18(3)4)23(34)8-6-19-7-9-24(35)25(36)14-19/h6-9,14-18H,10-13H2,1-5H3/b8-6+. The van der Waals surface area contributed by atoms with Crippen LogP contribution in [0.3, 0.4) is 0 Å². The molecule has 2 aliphatic rings. The van der Waals surface area contributed by atoms with Crippen molar-refractivity contribution in [3.05, 3.63) is 69.8 Å². The Bertz CT molecular complexity index is 1480. The molecule has 0 unspecified atom stereocenters. The highest BCUT2D eigenvalue weighted by molar-refractivity contribution is 6.46. The fourth-order valence-electron chi connectivity index (χ4n) is 4.43. The van der Waals surface area contributed by atoms with Crippen molar-refractivity contribution in [3.63, 3.8) is 0 Å². The van der Waals surface area contributed by atoms with Gasteiger partial charge in [-0.2, -0.15) is 4.73 Å². The van der Waals surface area contributed by atoms with Gasteiger partial charge in [-0.25, -0.2) is 4.39 Å². The number of rotatable bonds is 8. The first-order valence-corrected chi connectivity index (χ1v) is 12.9. The minimum Gasteiger partial charge on any atom is -0.486 e. The van der Waals surface area contributed by atoms with Gasteiger partial charge in [0.15, 0.2) is 17.3 Å². The molecular weight excluding hydrogens is 505 g/mol. The van der Waals surface area contributed by atoms with Crippen LogP contribution in [-0.4, -0.2) is 72.4 Å². The first-order chi connectivity index (χ1) is 18.5. The lowest BCUT2D eigenvalue weighted by Gasteiger charge is -2.35. The van der Waals surface area contributed by atoms with Crippen molar-refractivity contribution in [1.82, 2.24) is 9.63 Å². The number of allylic oxidation sites excluding steroid dienone is 6. The number of piperazine rings is 1. The number of pyridine rings is 1. The third-order valence-corrected chi connectivity index (χ3v) is 6.30. The fourth-order valence-corrected chi connectivity index (χ4v) is 4.43. The van der Waals surface area contributed by atoms with Crippen LogP contribution >= 0.6 is 0 Å². The number of anilines is 1. The molecule has 0 N–H and O–H groups in total. The zero-order valence-corrected chi connectivity index (χ0v) is 22.7. The second-order valence-electron chi connectivity index (χ2n) is 10.1. The Balaban J connectivity index is 1.89. The predicted molar refractivity (Wildman–Crippen MR) is 146 cm³/mol. The number of carbonyl (C=O) groups is 3. The Morgan fingerprint density at radius 3 is 2.31 bits per heavy atom. The summed E-state index contributed by atoms with van der Waals surface area (Å²) >= 11 is 0. The van der Waals surface area contributed by atoms with Crippen molar-refractivity contribution in [2.75, 3.05) is 38.1 Å². The van der Waals surface area contributed by atoms with Crippen molar-refractivity contribution in [2.45, 2.75) is 39.9 Å². The van der Waals surface area contributed by atoms with E-state index in [0.717, 1.165) is 37.4 Å². The van der Waals surface area contributed by atoms with Gasteiger partial charge >= 0.3 is 0 Å². The summed E-state index contributed by atoms with van der Waals surface area (Å²) in [5.74, 6) is -2.47. The molecule has 1 aliphatic carbocycles. The van der Waals surface area contributed by atoms with Gasteiger partial charge < -0.3 is 19.4 Å². The molecule has 1 fully saturated rings. The van der Waals surface area contributed by atoms with Gasteiger partial charge in [-0.15, -0.1) is 0 Å². The van der Waals surface area contributed by atoms with E-state index in [0.29, 0.717) is 18.7 Å². The first kappa shape index (κ1) is 28.0. The maximum Gasteiger partial charge on any atom is 0.226 e. The zero-order chi connectivity index (χ0) is 28.4. The molecule has 0 amide bonds. The van der Waals surface area contributed by atoms with Crippen LogP contribution in [0.15, 0.2) is 53.0 Å². The summed E-state index contributed by atoms with van der Waals surface area (Å²) in [7, 11) is 2.00. The van der Waals surface area contributed by atoms with Gasteiger partial charge in [-0.05, 0) is 64.6 Å². The van der Waals surface area contributed by atoms with Crippen molar-refractivity contribution in [1.29, 1.82) is 0 Å². The average molecular weight is 538 g/mol. The highest BCUT2D eigenvalue weighted by atomic mass is 19.1. The number of fused-ring (bicyclic) bond motifs is 1. The predicted octanol–water partition coefficient (Wildman–Crippen LogP) is 2.89. The topological polar surface area (TPSA) is 98.2 Å². The number of hydrogen-bond donors (Lipinski definition) is 0. The number of carbonyl (C=O) groups excluding carboxylic acids is 3. The number of likely N-dealkylation sites (N-methyl/N-ethyl adjacent to an activating group) is 1. The molecular formula is C29H32FN3O6. The van der Waals surface area contributed by atoms with E-state index in [1.165, 1.54) is 23.1 Å². The molecule has 39 heavy (non-hydrogen) atoms. The number of ether oxygens (including phenoxy) is 1. The highest BCUT2D eigenvalue weighted by Crippen LogP contribution is 2.39. The smallest absolute Gasteiger partial charge is 0.226 e. The molecule has 1 saturated heterocycles. The Hall–Kier alpha value is -4.05. The lowest BCUT2D eigenvalue weighted by Crippen LogP contribution is -2.45. The van der Waals surface area contributed by atoms with Crippen molar-refractivity contribution in [2.24, 2.45) is 0 Å². The number of ketones is 3. The first-order valence-electron chi connectivity index (χ1n) is 12.9. The second kappa shape index (κ2) is 11.4. The molecule has 1 aliphatic heterocycles. The largest absolute Gasteiger partial charge is 0.486 e. The van der Waals surface area contributed by atoms with E-state index in [9.17, 15) is 19.2 Å². The third kappa shape index (κ3) is 6.01. The quantitative estimate of drug-likeness (QED) is 0.220. The second-order valence-corrected chi connectivity index (χ2v) is 10.1. The van der Waals surface area contributed by atoms with Gasteiger partial charge in [0.1, 0.15) is 17.3 Å². The lowest BCUT2D eigenvalue weighted by atomic mass is 10.0. The van der Waals surface area contributed by atoms with E-state index in [-0.39, 0.29) is 40.1 Å². The Labute approximate surface area is 225 Å². The lowest BCUT2D eigenvalue weighted by molar-refractivity contribution is -0.131. The van der Waals surface area contributed by atoms with E-state index in [1.54, 1.807) is 13.8 Å². The van der Waals surface area contributed by atoms with Crippen LogP contribution in [0.1, 0.15) is 38.1 Å². The van der Waals surface area contributed by atoms with Crippen molar-refractivity contribution in [3.8, 4) is 5.75 Å². The molecule has 1 aromatic carbocycles. The molecule has 0 radical (unpaired) electrons. The number of hydrogen-bond acceptors (Lipinski definition) is 8. The molecule has 4 rings (SSSR count). The molecule has 0 spiro atoms. The van der Waals surface area contributed by atoms with E-state index in [4.69, 9.17) is 9.57 Å².